The average molecular weight is 215 g/mol. The minimum atomic E-state index is 0.334. The van der Waals surface area contributed by atoms with Crippen LogP contribution < -0.4 is 0 Å². The maximum Gasteiger partial charge on any atom is 0.224 e. The van der Waals surface area contributed by atoms with E-state index in [9.17, 15) is 4.79 Å². The van der Waals surface area contributed by atoms with Gasteiger partial charge < -0.3 is 4.90 Å². The number of thioether (sulfide) groups is 1. The summed E-state index contributed by atoms with van der Waals surface area (Å²) in [6.45, 7) is 9.59. The molecular weight excluding hydrogens is 194 g/mol. The van der Waals surface area contributed by atoms with Crippen LogP contribution in [0.25, 0.3) is 0 Å². The number of hydrogen-bond donors (Lipinski definition) is 0. The van der Waals surface area contributed by atoms with Crippen LogP contribution in [0.5, 0.6) is 0 Å². The monoisotopic (exact) mass is 215 g/mol. The summed E-state index contributed by atoms with van der Waals surface area (Å²) in [6.07, 6.45) is 0.746. The lowest BCUT2D eigenvalue weighted by molar-refractivity contribution is -0.129. The van der Waals surface area contributed by atoms with Crippen LogP contribution in [-0.4, -0.2) is 34.4 Å². The minimum Gasteiger partial charge on any atom is -0.339 e. The molecule has 1 unspecified atom stereocenters. The molecule has 0 radical (unpaired) electrons. The molecular formula is C11H21NOS. The third-order valence-electron chi connectivity index (χ3n) is 2.41. The van der Waals surface area contributed by atoms with Gasteiger partial charge in [-0.05, 0) is 25.5 Å². The van der Waals surface area contributed by atoms with E-state index in [2.05, 4.69) is 27.7 Å². The Labute approximate surface area is 91.4 Å². The van der Waals surface area contributed by atoms with Crippen molar-refractivity contribution in [3.8, 4) is 0 Å². The zero-order chi connectivity index (χ0) is 10.7. The largest absolute Gasteiger partial charge is 0.339 e. The van der Waals surface area contributed by atoms with Crippen molar-refractivity contribution in [1.82, 2.24) is 4.90 Å². The van der Waals surface area contributed by atoms with Gasteiger partial charge >= 0.3 is 0 Å². The number of carbonyl (C=O) groups excluding carboxylic acids is 1. The van der Waals surface area contributed by atoms with Gasteiger partial charge in [-0.2, -0.15) is 11.8 Å². The number of hydrogen-bond acceptors (Lipinski definition) is 2. The van der Waals surface area contributed by atoms with E-state index in [0.717, 1.165) is 18.9 Å². The molecule has 0 aromatic heterocycles. The molecule has 0 saturated carbocycles. The fourth-order valence-electron chi connectivity index (χ4n) is 1.64. The van der Waals surface area contributed by atoms with E-state index in [1.807, 2.05) is 16.7 Å². The van der Waals surface area contributed by atoms with Gasteiger partial charge in [-0.3, -0.25) is 4.79 Å². The molecule has 1 rings (SSSR count). The number of amides is 1. The highest BCUT2D eigenvalue weighted by Crippen LogP contribution is 2.26. The Morgan fingerprint density at radius 1 is 1.43 bits per heavy atom. The highest BCUT2D eigenvalue weighted by molar-refractivity contribution is 8.00. The van der Waals surface area contributed by atoms with E-state index >= 15 is 0 Å². The molecule has 0 N–H and O–H groups in total. The maximum absolute atomic E-state index is 11.6. The van der Waals surface area contributed by atoms with Crippen molar-refractivity contribution in [2.45, 2.75) is 45.4 Å². The first kappa shape index (κ1) is 11.9. The van der Waals surface area contributed by atoms with E-state index in [4.69, 9.17) is 0 Å². The van der Waals surface area contributed by atoms with Crippen LogP contribution in [-0.2, 0) is 4.79 Å². The number of carbonyl (C=O) groups is 1. The summed E-state index contributed by atoms with van der Waals surface area (Å²) < 4.78 is 0. The number of rotatable bonds is 4. The molecule has 1 atom stereocenters. The Kier molecular flexibility index (Phi) is 4.30. The first-order valence-electron chi connectivity index (χ1n) is 5.41. The van der Waals surface area contributed by atoms with Crippen molar-refractivity contribution in [3.63, 3.8) is 0 Å². The van der Waals surface area contributed by atoms with Crippen molar-refractivity contribution in [2.24, 2.45) is 5.92 Å². The second kappa shape index (κ2) is 5.06. The molecule has 0 aromatic rings. The summed E-state index contributed by atoms with van der Waals surface area (Å²) in [6, 6.07) is 0.368. The third kappa shape index (κ3) is 3.19. The molecule has 0 bridgehead atoms. The standard InChI is InChI=1S/C11H21NOS/c1-8(2)7-14-10-5-11(13)12(6-10)9(3)4/h8-10H,5-7H2,1-4H3. The van der Waals surface area contributed by atoms with Gasteiger partial charge in [0.2, 0.25) is 5.91 Å². The highest BCUT2D eigenvalue weighted by Gasteiger charge is 2.31. The van der Waals surface area contributed by atoms with Gasteiger partial charge in [0.15, 0.2) is 0 Å². The van der Waals surface area contributed by atoms with Gasteiger partial charge in [-0.15, -0.1) is 0 Å². The van der Waals surface area contributed by atoms with E-state index in [1.54, 1.807) is 0 Å². The lowest BCUT2D eigenvalue weighted by atomic mass is 10.3. The Morgan fingerprint density at radius 3 is 2.50 bits per heavy atom. The quantitative estimate of drug-likeness (QED) is 0.717. The normalized spacial score (nSPS) is 22.9. The third-order valence-corrected chi connectivity index (χ3v) is 4.06. The zero-order valence-electron chi connectivity index (χ0n) is 9.62. The lowest BCUT2D eigenvalue weighted by Gasteiger charge is -2.20. The van der Waals surface area contributed by atoms with Gasteiger partial charge in [0.1, 0.15) is 0 Å². The summed E-state index contributed by atoms with van der Waals surface area (Å²) >= 11 is 1.95. The molecule has 3 heteroatoms. The van der Waals surface area contributed by atoms with Crippen LogP contribution in [0.2, 0.25) is 0 Å². The van der Waals surface area contributed by atoms with E-state index in [0.29, 0.717) is 17.2 Å². The molecule has 14 heavy (non-hydrogen) atoms. The van der Waals surface area contributed by atoms with Gasteiger partial charge in [-0.25, -0.2) is 0 Å². The van der Waals surface area contributed by atoms with Crippen LogP contribution in [0.15, 0.2) is 0 Å². The van der Waals surface area contributed by atoms with E-state index in [1.165, 1.54) is 5.75 Å². The van der Waals surface area contributed by atoms with Crippen LogP contribution in [0.1, 0.15) is 34.1 Å². The van der Waals surface area contributed by atoms with Crippen LogP contribution in [0.3, 0.4) is 0 Å². The molecule has 0 aromatic carbocycles. The molecule has 1 amide bonds. The predicted molar refractivity (Wildman–Crippen MR) is 62.6 cm³/mol. The predicted octanol–water partition coefficient (Wildman–Crippen LogP) is 2.38. The van der Waals surface area contributed by atoms with Crippen molar-refractivity contribution in [3.05, 3.63) is 0 Å². The second-order valence-corrected chi connectivity index (χ2v) is 6.03. The molecule has 1 fully saturated rings. The summed E-state index contributed by atoms with van der Waals surface area (Å²) in [7, 11) is 0. The number of likely N-dealkylation sites (tertiary alicyclic amines) is 1. The van der Waals surface area contributed by atoms with Crippen molar-refractivity contribution < 1.29 is 4.79 Å². The molecule has 82 valence electrons. The molecule has 1 aliphatic heterocycles. The average Bonchev–Trinajstić information content (AvgIpc) is 2.43. The van der Waals surface area contributed by atoms with E-state index < -0.39 is 0 Å². The van der Waals surface area contributed by atoms with Crippen molar-refractivity contribution in [1.29, 1.82) is 0 Å². The molecule has 1 aliphatic rings. The summed E-state index contributed by atoms with van der Waals surface area (Å²) in [5.41, 5.74) is 0. The molecule has 1 heterocycles. The van der Waals surface area contributed by atoms with Crippen LogP contribution >= 0.6 is 11.8 Å². The minimum absolute atomic E-state index is 0.334. The van der Waals surface area contributed by atoms with Gasteiger partial charge in [0.25, 0.3) is 0 Å². The first-order chi connectivity index (χ1) is 6.50. The SMILES string of the molecule is CC(C)CSC1CC(=O)N(C(C)C)C1. The van der Waals surface area contributed by atoms with E-state index in [-0.39, 0.29) is 0 Å². The van der Waals surface area contributed by atoms with Crippen molar-refractivity contribution >= 4 is 17.7 Å². The topological polar surface area (TPSA) is 20.3 Å². The van der Waals surface area contributed by atoms with Crippen LogP contribution in [0.4, 0.5) is 0 Å². The fourth-order valence-corrected chi connectivity index (χ4v) is 2.82. The van der Waals surface area contributed by atoms with Gasteiger partial charge in [-0.1, -0.05) is 13.8 Å². The Balaban J connectivity index is 2.35. The van der Waals surface area contributed by atoms with Gasteiger partial charge in [0, 0.05) is 24.3 Å². The zero-order valence-corrected chi connectivity index (χ0v) is 10.4. The van der Waals surface area contributed by atoms with Crippen LogP contribution in [0, 0.1) is 5.92 Å². The maximum atomic E-state index is 11.6. The fraction of sp³-hybridized carbons (Fsp3) is 0.909. The summed E-state index contributed by atoms with van der Waals surface area (Å²) in [5, 5.41) is 0.535. The second-order valence-electron chi connectivity index (χ2n) is 4.69. The lowest BCUT2D eigenvalue weighted by Crippen LogP contribution is -2.32. The van der Waals surface area contributed by atoms with Gasteiger partial charge in [0.05, 0.1) is 0 Å². The molecule has 1 saturated heterocycles. The summed E-state index contributed by atoms with van der Waals surface area (Å²) in [4.78, 5) is 13.6. The Morgan fingerprint density at radius 2 is 2.07 bits per heavy atom. The Bertz CT molecular complexity index is 203. The first-order valence-corrected chi connectivity index (χ1v) is 6.46. The number of nitrogens with zero attached hydrogens (tertiary/aromatic N) is 1. The molecule has 0 spiro atoms. The molecule has 2 nitrogen and oxygen atoms in total. The Hall–Kier alpha value is -0.180. The van der Waals surface area contributed by atoms with Crippen molar-refractivity contribution in [2.75, 3.05) is 12.3 Å². The summed E-state index contributed by atoms with van der Waals surface area (Å²) in [5.74, 6) is 2.23. The highest BCUT2D eigenvalue weighted by atomic mass is 32.2. The molecule has 0 aliphatic carbocycles. The smallest absolute Gasteiger partial charge is 0.224 e.